The van der Waals surface area contributed by atoms with Crippen molar-refractivity contribution in [2.45, 2.75) is 6.61 Å². The summed E-state index contributed by atoms with van der Waals surface area (Å²) in [6, 6.07) is 11.6. The average Bonchev–Trinajstić information content (AvgIpc) is 2.83. The van der Waals surface area contributed by atoms with Crippen LogP contribution < -0.4 is 4.74 Å². The average molecular weight is 297 g/mol. The van der Waals surface area contributed by atoms with E-state index in [1.54, 1.807) is 42.5 Å². The molecule has 22 heavy (non-hydrogen) atoms. The molecule has 0 saturated carbocycles. The van der Waals surface area contributed by atoms with E-state index in [1.165, 1.54) is 0 Å². The minimum Gasteiger partial charge on any atom is -0.508 e. The molecule has 1 aromatic heterocycles. The van der Waals surface area contributed by atoms with Gasteiger partial charge in [-0.05, 0) is 36.4 Å². The summed E-state index contributed by atoms with van der Waals surface area (Å²) in [5, 5.41) is 19.3. The molecule has 0 fully saturated rings. The number of ether oxygens (including phenoxy) is 1. The smallest absolute Gasteiger partial charge is 0.335 e. The number of hydrogen-bond acceptors (Lipinski definition) is 3. The molecule has 0 amide bonds. The van der Waals surface area contributed by atoms with E-state index < -0.39 is 5.97 Å². The number of rotatable bonds is 4. The van der Waals surface area contributed by atoms with Gasteiger partial charge in [-0.25, -0.2) is 4.79 Å². The molecule has 0 aliphatic heterocycles. The van der Waals surface area contributed by atoms with Crippen LogP contribution in [0.4, 0.5) is 0 Å². The van der Waals surface area contributed by atoms with E-state index in [0.717, 1.165) is 16.5 Å². The molecule has 0 atom stereocenters. The second-order valence-corrected chi connectivity index (χ2v) is 5.08. The van der Waals surface area contributed by atoms with E-state index >= 15 is 0 Å². The van der Waals surface area contributed by atoms with Crippen molar-refractivity contribution in [3.05, 3.63) is 59.8 Å². The quantitative estimate of drug-likeness (QED) is 0.776. The fourth-order valence-electron chi connectivity index (χ4n) is 2.42. The van der Waals surface area contributed by atoms with Gasteiger partial charge in [-0.2, -0.15) is 0 Å². The number of carbonyl (C=O) groups is 1. The minimum absolute atomic E-state index is 0.193. The van der Waals surface area contributed by atoms with Crippen LogP contribution in [0.1, 0.15) is 15.9 Å². The Labute approximate surface area is 127 Å². The van der Waals surface area contributed by atoms with Crippen LogP contribution in [-0.2, 0) is 13.7 Å². The summed E-state index contributed by atoms with van der Waals surface area (Å²) < 4.78 is 7.59. The van der Waals surface area contributed by atoms with Gasteiger partial charge in [0.15, 0.2) is 0 Å². The summed E-state index contributed by atoms with van der Waals surface area (Å²) in [6.45, 7) is 0.370. The highest BCUT2D eigenvalue weighted by atomic mass is 16.5. The summed E-state index contributed by atoms with van der Waals surface area (Å²) in [5.74, 6) is -0.0827. The molecule has 3 rings (SSSR count). The lowest BCUT2D eigenvalue weighted by Crippen LogP contribution is -1.96. The number of phenolic OH excluding ortho intramolecular Hbond substituents is 1. The molecule has 0 spiro atoms. The van der Waals surface area contributed by atoms with Gasteiger partial charge in [0.05, 0.1) is 5.56 Å². The van der Waals surface area contributed by atoms with Gasteiger partial charge in [-0.15, -0.1) is 0 Å². The third-order valence-electron chi connectivity index (χ3n) is 3.55. The number of aromatic nitrogens is 1. The Morgan fingerprint density at radius 2 is 1.91 bits per heavy atom. The number of phenols is 1. The molecule has 0 aliphatic carbocycles. The van der Waals surface area contributed by atoms with E-state index in [0.29, 0.717) is 12.4 Å². The number of benzene rings is 2. The summed E-state index contributed by atoms with van der Waals surface area (Å²) in [7, 11) is 1.87. The zero-order valence-corrected chi connectivity index (χ0v) is 12.0. The maximum atomic E-state index is 11.0. The first-order chi connectivity index (χ1) is 10.5. The summed E-state index contributed by atoms with van der Waals surface area (Å²) >= 11 is 0. The van der Waals surface area contributed by atoms with Crippen molar-refractivity contribution in [1.29, 1.82) is 0 Å². The number of carboxylic acid groups (broad SMARTS) is 1. The van der Waals surface area contributed by atoms with E-state index in [4.69, 9.17) is 9.84 Å². The van der Waals surface area contributed by atoms with Gasteiger partial charge in [-0.3, -0.25) is 0 Å². The number of fused-ring (bicyclic) bond motifs is 1. The van der Waals surface area contributed by atoms with Crippen LogP contribution in [-0.4, -0.2) is 20.7 Å². The predicted molar refractivity (Wildman–Crippen MR) is 82.3 cm³/mol. The molecule has 2 N–H and O–H groups in total. The molecule has 0 radical (unpaired) electrons. The van der Waals surface area contributed by atoms with E-state index in [2.05, 4.69) is 0 Å². The van der Waals surface area contributed by atoms with Crippen LogP contribution in [0, 0.1) is 0 Å². The number of carboxylic acids is 1. The molecule has 0 unspecified atom stereocenters. The molecule has 1 heterocycles. The van der Waals surface area contributed by atoms with Crippen molar-refractivity contribution in [2.24, 2.45) is 7.05 Å². The Bertz CT molecular complexity index is 834. The van der Waals surface area contributed by atoms with E-state index in [9.17, 15) is 9.90 Å². The standard InChI is InChI=1S/C17H15NO4/c1-18-9-12(10-22-14-5-3-13(19)4-6-14)15-7-2-11(17(20)21)8-16(15)18/h2-9,19H,10H2,1H3,(H,20,21). The van der Waals surface area contributed by atoms with Crippen molar-refractivity contribution >= 4 is 16.9 Å². The highest BCUT2D eigenvalue weighted by Crippen LogP contribution is 2.24. The maximum absolute atomic E-state index is 11.0. The van der Waals surface area contributed by atoms with Crippen molar-refractivity contribution in [3.63, 3.8) is 0 Å². The molecular weight excluding hydrogens is 282 g/mol. The maximum Gasteiger partial charge on any atom is 0.335 e. The molecule has 3 aromatic rings. The van der Waals surface area contributed by atoms with E-state index in [1.807, 2.05) is 17.8 Å². The van der Waals surface area contributed by atoms with Gasteiger partial charge in [0.25, 0.3) is 0 Å². The Balaban J connectivity index is 1.88. The van der Waals surface area contributed by atoms with Crippen molar-refractivity contribution < 1.29 is 19.7 Å². The first-order valence-electron chi connectivity index (χ1n) is 6.77. The Morgan fingerprint density at radius 3 is 2.59 bits per heavy atom. The van der Waals surface area contributed by atoms with Crippen LogP contribution in [0.5, 0.6) is 11.5 Å². The first kappa shape index (κ1) is 14.0. The largest absolute Gasteiger partial charge is 0.508 e. The number of aromatic hydroxyl groups is 1. The first-order valence-corrected chi connectivity index (χ1v) is 6.77. The Morgan fingerprint density at radius 1 is 1.18 bits per heavy atom. The Kier molecular flexibility index (Phi) is 3.47. The van der Waals surface area contributed by atoms with Crippen LogP contribution >= 0.6 is 0 Å². The fraction of sp³-hybridized carbons (Fsp3) is 0.118. The summed E-state index contributed by atoms with van der Waals surface area (Å²) in [4.78, 5) is 11.0. The van der Waals surface area contributed by atoms with Gasteiger partial charge in [0.1, 0.15) is 18.1 Å². The van der Waals surface area contributed by atoms with Gasteiger partial charge in [0.2, 0.25) is 0 Å². The third kappa shape index (κ3) is 2.61. The normalized spacial score (nSPS) is 10.8. The SMILES string of the molecule is Cn1cc(COc2ccc(O)cc2)c2ccc(C(=O)O)cc21. The second-order valence-electron chi connectivity index (χ2n) is 5.08. The lowest BCUT2D eigenvalue weighted by Gasteiger charge is -2.05. The van der Waals surface area contributed by atoms with Gasteiger partial charge < -0.3 is 19.5 Å². The molecule has 2 aromatic carbocycles. The number of aryl methyl sites for hydroxylation is 1. The highest BCUT2D eigenvalue weighted by molar-refractivity contribution is 5.94. The lowest BCUT2D eigenvalue weighted by molar-refractivity contribution is 0.0697. The predicted octanol–water partition coefficient (Wildman–Crippen LogP) is 3.16. The van der Waals surface area contributed by atoms with Crippen LogP contribution in [0.3, 0.4) is 0 Å². The van der Waals surface area contributed by atoms with Crippen LogP contribution in [0.15, 0.2) is 48.7 Å². The molecule has 112 valence electrons. The fourth-order valence-corrected chi connectivity index (χ4v) is 2.42. The zero-order valence-electron chi connectivity index (χ0n) is 12.0. The third-order valence-corrected chi connectivity index (χ3v) is 3.55. The van der Waals surface area contributed by atoms with Gasteiger partial charge >= 0.3 is 5.97 Å². The molecule has 5 heteroatoms. The van der Waals surface area contributed by atoms with Gasteiger partial charge in [0, 0.05) is 29.7 Å². The van der Waals surface area contributed by atoms with E-state index in [-0.39, 0.29) is 11.3 Å². The zero-order chi connectivity index (χ0) is 15.7. The summed E-state index contributed by atoms with van der Waals surface area (Å²) in [5.41, 5.74) is 2.09. The Hall–Kier alpha value is -2.95. The number of nitrogens with zero attached hydrogens (tertiary/aromatic N) is 1. The van der Waals surface area contributed by atoms with Crippen molar-refractivity contribution in [2.75, 3.05) is 0 Å². The van der Waals surface area contributed by atoms with Crippen LogP contribution in [0.2, 0.25) is 0 Å². The number of aromatic carboxylic acids is 1. The highest BCUT2D eigenvalue weighted by Gasteiger charge is 2.10. The second kappa shape index (κ2) is 5.44. The molecular formula is C17H15NO4. The molecule has 5 nitrogen and oxygen atoms in total. The minimum atomic E-state index is -0.940. The van der Waals surface area contributed by atoms with Gasteiger partial charge in [-0.1, -0.05) is 6.07 Å². The summed E-state index contributed by atoms with van der Waals surface area (Å²) in [6.07, 6.45) is 1.93. The number of hydrogen-bond donors (Lipinski definition) is 2. The molecule has 0 aliphatic rings. The lowest BCUT2D eigenvalue weighted by atomic mass is 10.1. The molecule has 0 bridgehead atoms. The van der Waals surface area contributed by atoms with Crippen molar-refractivity contribution in [1.82, 2.24) is 4.57 Å². The molecule has 0 saturated heterocycles. The topological polar surface area (TPSA) is 71.7 Å². The van der Waals surface area contributed by atoms with Crippen molar-refractivity contribution in [3.8, 4) is 11.5 Å². The monoisotopic (exact) mass is 297 g/mol. The van der Waals surface area contributed by atoms with Crippen LogP contribution in [0.25, 0.3) is 10.9 Å².